The summed E-state index contributed by atoms with van der Waals surface area (Å²) in [5.74, 6) is 0. The molecule has 1 aliphatic heterocycles. The maximum Gasteiger partial charge on any atom is 0.0504 e. The second-order valence-electron chi connectivity index (χ2n) is 5.63. The van der Waals surface area contributed by atoms with E-state index in [4.69, 9.17) is 5.73 Å². The van der Waals surface area contributed by atoms with Crippen molar-refractivity contribution in [3.63, 3.8) is 0 Å². The van der Waals surface area contributed by atoms with Crippen LogP contribution >= 0.6 is 0 Å². The zero-order valence-electron chi connectivity index (χ0n) is 11.9. The van der Waals surface area contributed by atoms with Gasteiger partial charge < -0.3 is 5.73 Å². The molecule has 0 radical (unpaired) electrons. The average Bonchev–Trinajstić information content (AvgIpc) is 2.38. The first-order valence-corrected chi connectivity index (χ1v) is 7.24. The number of hydrogen-bond donors (Lipinski definition) is 1. The summed E-state index contributed by atoms with van der Waals surface area (Å²) < 4.78 is 0. The molecular formula is C16H26N2. The van der Waals surface area contributed by atoms with E-state index >= 15 is 0 Å². The summed E-state index contributed by atoms with van der Waals surface area (Å²) in [7, 11) is 0. The summed E-state index contributed by atoms with van der Waals surface area (Å²) in [6.07, 6.45) is 3.46. The van der Waals surface area contributed by atoms with Gasteiger partial charge in [-0.25, -0.2) is 0 Å². The smallest absolute Gasteiger partial charge is 0.0504 e. The standard InChI is InChI=1S/C16H26N2/c1-4-13-8-5-6-9-14(13)16-15(17)10-7-11-18(16)12(2)3/h5-6,8-9,12,15-16H,4,7,10-11,17H2,1-3H3. The number of piperidine rings is 1. The lowest BCUT2D eigenvalue weighted by molar-refractivity contribution is 0.0941. The monoisotopic (exact) mass is 246 g/mol. The molecule has 2 N–H and O–H groups in total. The quantitative estimate of drug-likeness (QED) is 0.888. The largest absolute Gasteiger partial charge is 0.326 e. The first kappa shape index (κ1) is 13.6. The minimum atomic E-state index is 0.272. The molecule has 1 aromatic rings. The molecule has 0 saturated carbocycles. The van der Waals surface area contributed by atoms with Crippen molar-refractivity contribution in [1.82, 2.24) is 4.90 Å². The van der Waals surface area contributed by atoms with Crippen molar-refractivity contribution >= 4 is 0 Å². The lowest BCUT2D eigenvalue weighted by Crippen LogP contribution is -2.48. The Morgan fingerprint density at radius 3 is 2.72 bits per heavy atom. The fraction of sp³-hybridized carbons (Fsp3) is 0.625. The van der Waals surface area contributed by atoms with Crippen LogP contribution in [0.4, 0.5) is 0 Å². The van der Waals surface area contributed by atoms with Crippen LogP contribution in [0.25, 0.3) is 0 Å². The number of benzene rings is 1. The van der Waals surface area contributed by atoms with E-state index in [-0.39, 0.29) is 6.04 Å². The Balaban J connectivity index is 2.37. The number of hydrogen-bond acceptors (Lipinski definition) is 2. The van der Waals surface area contributed by atoms with Crippen LogP contribution in [0, 0.1) is 0 Å². The van der Waals surface area contributed by atoms with Crippen molar-refractivity contribution in [2.24, 2.45) is 5.73 Å². The third-order valence-electron chi connectivity index (χ3n) is 4.13. The van der Waals surface area contributed by atoms with Crippen LogP contribution in [0.5, 0.6) is 0 Å². The van der Waals surface area contributed by atoms with Gasteiger partial charge in [-0.15, -0.1) is 0 Å². The Bertz CT molecular complexity index is 386. The molecule has 1 aromatic carbocycles. The summed E-state index contributed by atoms with van der Waals surface area (Å²) in [4.78, 5) is 2.57. The predicted molar refractivity (Wildman–Crippen MR) is 77.6 cm³/mol. The van der Waals surface area contributed by atoms with E-state index in [1.165, 1.54) is 24.1 Å². The molecule has 2 unspecified atom stereocenters. The molecule has 1 heterocycles. The van der Waals surface area contributed by atoms with Crippen LogP contribution in [0.15, 0.2) is 24.3 Å². The van der Waals surface area contributed by atoms with Gasteiger partial charge in [0, 0.05) is 12.1 Å². The Kier molecular flexibility index (Phi) is 4.41. The number of likely N-dealkylation sites (tertiary alicyclic amines) is 1. The van der Waals surface area contributed by atoms with Crippen LogP contribution in [0.3, 0.4) is 0 Å². The van der Waals surface area contributed by atoms with Crippen molar-refractivity contribution in [1.29, 1.82) is 0 Å². The molecule has 1 fully saturated rings. The molecule has 2 heteroatoms. The number of aryl methyl sites for hydroxylation is 1. The summed E-state index contributed by atoms with van der Waals surface area (Å²) in [6.45, 7) is 7.96. The van der Waals surface area contributed by atoms with Gasteiger partial charge in [-0.2, -0.15) is 0 Å². The molecule has 2 rings (SSSR count). The van der Waals surface area contributed by atoms with E-state index in [1.807, 2.05) is 0 Å². The highest BCUT2D eigenvalue weighted by atomic mass is 15.2. The maximum atomic E-state index is 6.42. The molecule has 2 nitrogen and oxygen atoms in total. The summed E-state index contributed by atoms with van der Waals surface area (Å²) in [6, 6.07) is 10.0. The molecule has 0 spiro atoms. The molecule has 0 amide bonds. The minimum Gasteiger partial charge on any atom is -0.326 e. The highest BCUT2D eigenvalue weighted by Crippen LogP contribution is 2.33. The Hall–Kier alpha value is -0.860. The Morgan fingerprint density at radius 1 is 1.33 bits per heavy atom. The van der Waals surface area contributed by atoms with Gasteiger partial charge in [0.15, 0.2) is 0 Å². The van der Waals surface area contributed by atoms with Crippen LogP contribution < -0.4 is 5.73 Å². The van der Waals surface area contributed by atoms with Crippen molar-refractivity contribution in [3.05, 3.63) is 35.4 Å². The number of rotatable bonds is 3. The van der Waals surface area contributed by atoms with E-state index in [1.54, 1.807) is 0 Å². The van der Waals surface area contributed by atoms with Crippen LogP contribution in [-0.4, -0.2) is 23.5 Å². The first-order chi connectivity index (χ1) is 8.65. The summed E-state index contributed by atoms with van der Waals surface area (Å²) in [5.41, 5.74) is 9.32. The zero-order chi connectivity index (χ0) is 13.1. The molecule has 100 valence electrons. The molecular weight excluding hydrogens is 220 g/mol. The van der Waals surface area contributed by atoms with Gasteiger partial charge in [-0.1, -0.05) is 31.2 Å². The Morgan fingerprint density at radius 2 is 2.06 bits per heavy atom. The maximum absolute atomic E-state index is 6.42. The Labute approximate surface area is 111 Å². The molecule has 1 saturated heterocycles. The van der Waals surface area contributed by atoms with Gasteiger partial charge in [-0.05, 0) is 50.8 Å². The van der Waals surface area contributed by atoms with Crippen molar-refractivity contribution in [3.8, 4) is 0 Å². The van der Waals surface area contributed by atoms with Gasteiger partial charge in [-0.3, -0.25) is 4.90 Å². The van der Waals surface area contributed by atoms with E-state index < -0.39 is 0 Å². The fourth-order valence-electron chi connectivity index (χ4n) is 3.19. The van der Waals surface area contributed by atoms with Crippen molar-refractivity contribution in [2.75, 3.05) is 6.54 Å². The topological polar surface area (TPSA) is 29.3 Å². The van der Waals surface area contributed by atoms with Crippen molar-refractivity contribution < 1.29 is 0 Å². The lowest BCUT2D eigenvalue weighted by Gasteiger charge is -2.43. The second-order valence-corrected chi connectivity index (χ2v) is 5.63. The predicted octanol–water partition coefficient (Wildman–Crippen LogP) is 3.12. The molecule has 0 bridgehead atoms. The van der Waals surface area contributed by atoms with E-state index in [2.05, 4.69) is 49.9 Å². The number of nitrogens with two attached hydrogens (primary N) is 1. The molecule has 1 aliphatic rings. The summed E-state index contributed by atoms with van der Waals surface area (Å²) in [5, 5.41) is 0. The highest BCUT2D eigenvalue weighted by Gasteiger charge is 2.32. The fourth-order valence-corrected chi connectivity index (χ4v) is 3.19. The SMILES string of the molecule is CCc1ccccc1C1C(N)CCCN1C(C)C. The highest BCUT2D eigenvalue weighted by molar-refractivity contribution is 5.31. The van der Waals surface area contributed by atoms with E-state index in [0.717, 1.165) is 12.8 Å². The molecule has 2 atom stereocenters. The van der Waals surface area contributed by atoms with Gasteiger partial charge in [0.2, 0.25) is 0 Å². The van der Waals surface area contributed by atoms with Crippen molar-refractivity contribution in [2.45, 2.75) is 58.2 Å². The van der Waals surface area contributed by atoms with E-state index in [0.29, 0.717) is 12.1 Å². The minimum absolute atomic E-state index is 0.272. The normalized spacial score (nSPS) is 25.6. The third kappa shape index (κ3) is 2.60. The van der Waals surface area contributed by atoms with Crippen LogP contribution in [0.1, 0.15) is 50.8 Å². The average molecular weight is 246 g/mol. The van der Waals surface area contributed by atoms with Gasteiger partial charge in [0.1, 0.15) is 0 Å². The lowest BCUT2D eigenvalue weighted by atomic mass is 9.87. The number of nitrogens with zero attached hydrogens (tertiary/aromatic N) is 1. The van der Waals surface area contributed by atoms with Crippen LogP contribution in [-0.2, 0) is 6.42 Å². The first-order valence-electron chi connectivity index (χ1n) is 7.24. The van der Waals surface area contributed by atoms with Gasteiger partial charge in [0.25, 0.3) is 0 Å². The third-order valence-corrected chi connectivity index (χ3v) is 4.13. The van der Waals surface area contributed by atoms with E-state index in [9.17, 15) is 0 Å². The molecule has 0 aliphatic carbocycles. The van der Waals surface area contributed by atoms with Gasteiger partial charge >= 0.3 is 0 Å². The summed E-state index contributed by atoms with van der Waals surface area (Å²) >= 11 is 0. The molecule has 18 heavy (non-hydrogen) atoms. The van der Waals surface area contributed by atoms with Gasteiger partial charge in [0.05, 0.1) is 6.04 Å². The molecule has 0 aromatic heterocycles. The zero-order valence-corrected chi connectivity index (χ0v) is 11.9. The van der Waals surface area contributed by atoms with Crippen LogP contribution in [0.2, 0.25) is 0 Å². The second kappa shape index (κ2) is 5.85.